The number of anilines is 1. The number of nitrogens with one attached hydrogen (secondary N) is 2. The lowest BCUT2D eigenvalue weighted by Crippen LogP contribution is -2.49. The first-order chi connectivity index (χ1) is 9.63. The summed E-state index contributed by atoms with van der Waals surface area (Å²) in [5.74, 6) is -1.07. The third kappa shape index (κ3) is 4.75. The van der Waals surface area contributed by atoms with Crippen molar-refractivity contribution in [3.8, 4) is 0 Å². The average molecular weight is 293 g/mol. The summed E-state index contributed by atoms with van der Waals surface area (Å²) in [4.78, 5) is 25.1. The van der Waals surface area contributed by atoms with Crippen LogP contribution in [0.5, 0.6) is 0 Å². The van der Waals surface area contributed by atoms with Crippen LogP contribution in [0.15, 0.2) is 18.2 Å². The van der Waals surface area contributed by atoms with Crippen LogP contribution in [-0.2, 0) is 0 Å². The number of likely N-dealkylation sites (N-methyl/N-ethyl adjacent to an activating group) is 1. The second-order valence-corrected chi connectivity index (χ2v) is 5.87. The topological polar surface area (TPSA) is 81.7 Å². The Morgan fingerprint density at radius 3 is 2.43 bits per heavy atom. The molecule has 0 heterocycles. The minimum Gasteiger partial charge on any atom is -0.478 e. The van der Waals surface area contributed by atoms with E-state index in [2.05, 4.69) is 10.6 Å². The molecule has 1 aromatic rings. The first kappa shape index (κ1) is 17.0. The molecule has 0 aromatic heterocycles. The quantitative estimate of drug-likeness (QED) is 0.777. The second-order valence-electron chi connectivity index (χ2n) is 5.87. The van der Waals surface area contributed by atoms with Crippen molar-refractivity contribution in [3.05, 3.63) is 29.3 Å². The fraction of sp³-hybridized carbons (Fsp3) is 0.467. The predicted molar refractivity (Wildman–Crippen MR) is 82.9 cm³/mol. The summed E-state index contributed by atoms with van der Waals surface area (Å²) in [7, 11) is 3.87. The Bertz CT molecular complexity index is 539. The van der Waals surface area contributed by atoms with Crippen molar-refractivity contribution >= 4 is 17.7 Å². The highest BCUT2D eigenvalue weighted by Gasteiger charge is 2.21. The van der Waals surface area contributed by atoms with Crippen molar-refractivity contribution in [1.29, 1.82) is 0 Å². The minimum atomic E-state index is -1.07. The molecule has 0 spiro atoms. The fourth-order valence-electron chi connectivity index (χ4n) is 1.57. The molecule has 1 aromatic carbocycles. The fourth-order valence-corrected chi connectivity index (χ4v) is 1.57. The maximum atomic E-state index is 11.9. The van der Waals surface area contributed by atoms with Gasteiger partial charge in [-0.25, -0.2) is 9.59 Å². The van der Waals surface area contributed by atoms with Gasteiger partial charge in [-0.3, -0.25) is 0 Å². The zero-order valence-corrected chi connectivity index (χ0v) is 13.2. The molecule has 2 amide bonds. The van der Waals surface area contributed by atoms with Gasteiger partial charge >= 0.3 is 12.0 Å². The molecule has 0 aliphatic heterocycles. The van der Waals surface area contributed by atoms with Gasteiger partial charge in [-0.15, -0.1) is 0 Å². The molecule has 0 saturated carbocycles. The van der Waals surface area contributed by atoms with E-state index in [1.807, 2.05) is 32.8 Å². The number of rotatable bonds is 5. The maximum absolute atomic E-state index is 11.9. The van der Waals surface area contributed by atoms with E-state index < -0.39 is 12.0 Å². The highest BCUT2D eigenvalue weighted by Crippen LogP contribution is 2.17. The molecule has 0 saturated heterocycles. The van der Waals surface area contributed by atoms with Crippen molar-refractivity contribution in [2.24, 2.45) is 0 Å². The summed E-state index contributed by atoms with van der Waals surface area (Å²) >= 11 is 0. The largest absolute Gasteiger partial charge is 0.478 e. The number of carboxylic acids is 1. The van der Waals surface area contributed by atoms with Gasteiger partial charge in [-0.1, -0.05) is 11.6 Å². The number of aryl methyl sites for hydroxylation is 1. The molecule has 0 atom stereocenters. The SMILES string of the molecule is Cc1ccc(NC(=O)NCC(C)(C)N(C)C)c(C(=O)O)c1. The number of aromatic carboxylic acids is 1. The molecule has 6 nitrogen and oxygen atoms in total. The molecule has 0 unspecified atom stereocenters. The Morgan fingerprint density at radius 1 is 1.29 bits per heavy atom. The van der Waals surface area contributed by atoms with Crippen molar-refractivity contribution in [3.63, 3.8) is 0 Å². The second kappa shape index (κ2) is 6.58. The Hall–Kier alpha value is -2.08. The van der Waals surface area contributed by atoms with E-state index in [1.54, 1.807) is 19.1 Å². The number of benzene rings is 1. The molecule has 0 aliphatic carbocycles. The Labute approximate surface area is 125 Å². The molecule has 0 bridgehead atoms. The lowest BCUT2D eigenvalue weighted by Gasteiger charge is -2.32. The molecule has 0 fully saturated rings. The smallest absolute Gasteiger partial charge is 0.337 e. The van der Waals surface area contributed by atoms with Gasteiger partial charge in [-0.2, -0.15) is 0 Å². The van der Waals surface area contributed by atoms with Crippen molar-refractivity contribution < 1.29 is 14.7 Å². The normalized spacial score (nSPS) is 11.3. The van der Waals surface area contributed by atoms with Gasteiger partial charge in [0, 0.05) is 12.1 Å². The molecule has 3 N–H and O–H groups in total. The summed E-state index contributed by atoms with van der Waals surface area (Å²) in [5, 5.41) is 14.5. The van der Waals surface area contributed by atoms with Crippen LogP contribution in [0.4, 0.5) is 10.5 Å². The molecular formula is C15H23N3O3. The summed E-state index contributed by atoms with van der Waals surface area (Å²) in [6.07, 6.45) is 0. The average Bonchev–Trinajstić information content (AvgIpc) is 2.38. The number of carbonyl (C=O) groups is 2. The van der Waals surface area contributed by atoms with Crippen LogP contribution in [0.2, 0.25) is 0 Å². The highest BCUT2D eigenvalue weighted by molar-refractivity contribution is 6.00. The molecule has 116 valence electrons. The molecule has 6 heteroatoms. The first-order valence-electron chi connectivity index (χ1n) is 6.70. The number of nitrogens with zero attached hydrogens (tertiary/aromatic N) is 1. The number of hydrogen-bond acceptors (Lipinski definition) is 3. The standard InChI is InChI=1S/C15H23N3O3/c1-10-6-7-12(11(8-10)13(19)20)17-14(21)16-9-15(2,3)18(4)5/h6-8H,9H2,1-5H3,(H,19,20)(H2,16,17,21). The van der Waals surface area contributed by atoms with Gasteiger partial charge < -0.3 is 20.6 Å². The van der Waals surface area contributed by atoms with Crippen molar-refractivity contribution in [2.45, 2.75) is 26.3 Å². The Morgan fingerprint density at radius 2 is 1.90 bits per heavy atom. The van der Waals surface area contributed by atoms with Crippen LogP contribution >= 0.6 is 0 Å². The van der Waals surface area contributed by atoms with E-state index >= 15 is 0 Å². The predicted octanol–water partition coefficient (Wildman–Crippen LogP) is 2.15. The van der Waals surface area contributed by atoms with Gasteiger partial charge in [0.25, 0.3) is 0 Å². The summed E-state index contributed by atoms with van der Waals surface area (Å²) < 4.78 is 0. The van der Waals surface area contributed by atoms with E-state index in [0.717, 1.165) is 5.56 Å². The highest BCUT2D eigenvalue weighted by atomic mass is 16.4. The van der Waals surface area contributed by atoms with E-state index in [0.29, 0.717) is 6.54 Å². The molecule has 21 heavy (non-hydrogen) atoms. The van der Waals surface area contributed by atoms with Crippen LogP contribution < -0.4 is 10.6 Å². The van der Waals surface area contributed by atoms with Gasteiger partial charge in [0.2, 0.25) is 0 Å². The van der Waals surface area contributed by atoms with E-state index in [4.69, 9.17) is 5.11 Å². The molecule has 1 rings (SSSR count). The van der Waals surface area contributed by atoms with Crippen LogP contribution in [0, 0.1) is 6.92 Å². The van der Waals surface area contributed by atoms with Crippen LogP contribution in [0.25, 0.3) is 0 Å². The number of carboxylic acid groups (broad SMARTS) is 1. The third-order valence-electron chi connectivity index (χ3n) is 3.55. The van der Waals surface area contributed by atoms with Gasteiger partial charge in [-0.05, 0) is 47.0 Å². The Kier molecular flexibility index (Phi) is 5.32. The summed E-state index contributed by atoms with van der Waals surface area (Å²) in [5.41, 5.74) is 0.998. The summed E-state index contributed by atoms with van der Waals surface area (Å²) in [6.45, 7) is 6.25. The number of amides is 2. The first-order valence-corrected chi connectivity index (χ1v) is 6.70. The molecule has 0 aliphatic rings. The van der Waals surface area contributed by atoms with Crippen LogP contribution in [0.1, 0.15) is 29.8 Å². The van der Waals surface area contributed by atoms with E-state index in [9.17, 15) is 9.59 Å². The lowest BCUT2D eigenvalue weighted by atomic mass is 10.0. The monoisotopic (exact) mass is 293 g/mol. The van der Waals surface area contributed by atoms with Gasteiger partial charge in [0.15, 0.2) is 0 Å². The zero-order valence-electron chi connectivity index (χ0n) is 13.2. The van der Waals surface area contributed by atoms with Crippen LogP contribution in [0.3, 0.4) is 0 Å². The van der Waals surface area contributed by atoms with Crippen LogP contribution in [-0.4, -0.2) is 48.2 Å². The third-order valence-corrected chi connectivity index (χ3v) is 3.55. The van der Waals surface area contributed by atoms with E-state index in [-0.39, 0.29) is 16.8 Å². The Balaban J connectivity index is 2.74. The van der Waals surface area contributed by atoms with Gasteiger partial charge in [0.05, 0.1) is 11.3 Å². The maximum Gasteiger partial charge on any atom is 0.337 e. The van der Waals surface area contributed by atoms with Crippen molar-refractivity contribution in [1.82, 2.24) is 10.2 Å². The van der Waals surface area contributed by atoms with Crippen molar-refractivity contribution in [2.75, 3.05) is 26.0 Å². The number of carbonyl (C=O) groups excluding carboxylic acids is 1. The number of hydrogen-bond donors (Lipinski definition) is 3. The summed E-state index contributed by atoms with van der Waals surface area (Å²) in [6, 6.07) is 4.46. The van der Waals surface area contributed by atoms with Gasteiger partial charge in [0.1, 0.15) is 0 Å². The lowest BCUT2D eigenvalue weighted by molar-refractivity contribution is 0.0698. The molecule has 0 radical (unpaired) electrons. The minimum absolute atomic E-state index is 0.0806. The zero-order chi connectivity index (χ0) is 16.2. The van der Waals surface area contributed by atoms with E-state index in [1.165, 1.54) is 6.07 Å². The molecular weight excluding hydrogens is 270 g/mol. The number of urea groups is 1.